The van der Waals surface area contributed by atoms with E-state index in [0.717, 1.165) is 19.5 Å². The predicted molar refractivity (Wildman–Crippen MR) is 57.4 cm³/mol. The van der Waals surface area contributed by atoms with Gasteiger partial charge in [0.2, 0.25) is 0 Å². The molecule has 1 aromatic rings. The summed E-state index contributed by atoms with van der Waals surface area (Å²) in [6, 6.07) is 10.1. The molecule has 2 unspecified atom stereocenters. The van der Waals surface area contributed by atoms with Crippen molar-refractivity contribution in [1.29, 1.82) is 0 Å². The number of carboxylic acid groups (broad SMARTS) is 1. The van der Waals surface area contributed by atoms with Crippen LogP contribution in [0.5, 0.6) is 0 Å². The summed E-state index contributed by atoms with van der Waals surface area (Å²) in [7, 11) is 0. The van der Waals surface area contributed by atoms with E-state index in [1.165, 1.54) is 5.56 Å². The van der Waals surface area contributed by atoms with Gasteiger partial charge < -0.3 is 10.4 Å². The van der Waals surface area contributed by atoms with Gasteiger partial charge in [0.15, 0.2) is 0 Å². The van der Waals surface area contributed by atoms with Gasteiger partial charge >= 0.3 is 5.97 Å². The molecule has 0 saturated heterocycles. The Morgan fingerprint density at radius 3 is 2.73 bits per heavy atom. The normalized spacial score (nSPS) is 23.7. The minimum Gasteiger partial charge on any atom is -0.481 e. The quantitative estimate of drug-likeness (QED) is 0.765. The molecule has 0 amide bonds. The molecule has 0 radical (unpaired) electrons. The maximum absolute atomic E-state index is 10.6. The van der Waals surface area contributed by atoms with Gasteiger partial charge in [0.25, 0.3) is 0 Å². The topological polar surface area (TPSA) is 49.3 Å². The van der Waals surface area contributed by atoms with E-state index >= 15 is 0 Å². The summed E-state index contributed by atoms with van der Waals surface area (Å²) < 4.78 is 0. The van der Waals surface area contributed by atoms with Crippen LogP contribution in [-0.4, -0.2) is 17.6 Å². The highest BCUT2D eigenvalue weighted by Crippen LogP contribution is 2.37. The van der Waals surface area contributed by atoms with Crippen LogP contribution >= 0.6 is 0 Å². The second-order valence-corrected chi connectivity index (χ2v) is 4.06. The first kappa shape index (κ1) is 10.2. The fourth-order valence-electron chi connectivity index (χ4n) is 1.77. The Morgan fingerprint density at radius 1 is 1.40 bits per heavy atom. The van der Waals surface area contributed by atoms with Crippen molar-refractivity contribution in [1.82, 2.24) is 5.32 Å². The zero-order chi connectivity index (χ0) is 10.7. The van der Waals surface area contributed by atoms with E-state index in [1.807, 2.05) is 18.2 Å². The van der Waals surface area contributed by atoms with Crippen molar-refractivity contribution in [3.05, 3.63) is 35.9 Å². The third-order valence-electron chi connectivity index (χ3n) is 2.82. The van der Waals surface area contributed by atoms with Crippen molar-refractivity contribution < 1.29 is 9.90 Å². The zero-order valence-corrected chi connectivity index (χ0v) is 8.52. The van der Waals surface area contributed by atoms with Crippen LogP contribution in [0.2, 0.25) is 0 Å². The molecule has 3 nitrogen and oxygen atoms in total. The van der Waals surface area contributed by atoms with Crippen LogP contribution in [0.3, 0.4) is 0 Å². The van der Waals surface area contributed by atoms with Crippen molar-refractivity contribution >= 4 is 5.97 Å². The van der Waals surface area contributed by atoms with Crippen LogP contribution in [0.4, 0.5) is 0 Å². The molecule has 2 atom stereocenters. The van der Waals surface area contributed by atoms with Gasteiger partial charge in [0, 0.05) is 6.54 Å². The van der Waals surface area contributed by atoms with E-state index in [9.17, 15) is 4.79 Å². The van der Waals surface area contributed by atoms with Crippen molar-refractivity contribution in [2.75, 3.05) is 6.54 Å². The number of hydrogen-bond donors (Lipinski definition) is 2. The monoisotopic (exact) mass is 205 g/mol. The molecule has 1 saturated carbocycles. The lowest BCUT2D eigenvalue weighted by atomic mass is 10.2. The molecule has 2 N–H and O–H groups in total. The Kier molecular flexibility index (Phi) is 3.02. The summed E-state index contributed by atoms with van der Waals surface area (Å²) >= 11 is 0. The first-order chi connectivity index (χ1) is 7.27. The third kappa shape index (κ3) is 2.80. The van der Waals surface area contributed by atoms with Crippen LogP contribution < -0.4 is 5.32 Å². The van der Waals surface area contributed by atoms with Crippen LogP contribution in [0, 0.1) is 11.8 Å². The maximum Gasteiger partial charge on any atom is 0.306 e. The Hall–Kier alpha value is -1.35. The Labute approximate surface area is 89.1 Å². The SMILES string of the molecule is O=C(O)C1CC1CNCc1ccccc1. The van der Waals surface area contributed by atoms with E-state index in [2.05, 4.69) is 17.4 Å². The standard InChI is InChI=1S/C12H15NO2/c14-12(15)11-6-10(11)8-13-7-9-4-2-1-3-5-9/h1-5,10-11,13H,6-8H2,(H,14,15). The first-order valence-corrected chi connectivity index (χ1v) is 5.25. The molecule has 2 rings (SSSR count). The van der Waals surface area contributed by atoms with Gasteiger partial charge in [-0.3, -0.25) is 4.79 Å². The van der Waals surface area contributed by atoms with Crippen LogP contribution in [0.25, 0.3) is 0 Å². The number of benzene rings is 1. The lowest BCUT2D eigenvalue weighted by Gasteiger charge is -2.03. The van der Waals surface area contributed by atoms with Crippen molar-refractivity contribution in [2.24, 2.45) is 11.8 Å². The summed E-state index contributed by atoms with van der Waals surface area (Å²) in [5.74, 6) is -0.416. The number of aliphatic carboxylic acids is 1. The largest absolute Gasteiger partial charge is 0.481 e. The summed E-state index contributed by atoms with van der Waals surface area (Å²) in [5.41, 5.74) is 1.24. The Balaban J connectivity index is 1.67. The zero-order valence-electron chi connectivity index (χ0n) is 8.52. The van der Waals surface area contributed by atoms with Gasteiger partial charge in [-0.25, -0.2) is 0 Å². The number of carboxylic acids is 1. The van der Waals surface area contributed by atoms with Gasteiger partial charge in [-0.15, -0.1) is 0 Å². The number of nitrogens with one attached hydrogen (secondary N) is 1. The molecule has 0 spiro atoms. The molecule has 0 heterocycles. The fraction of sp³-hybridized carbons (Fsp3) is 0.417. The molecule has 80 valence electrons. The smallest absolute Gasteiger partial charge is 0.306 e. The highest BCUT2D eigenvalue weighted by Gasteiger charge is 2.42. The molecule has 1 aliphatic carbocycles. The molecule has 0 aliphatic heterocycles. The molecule has 0 aromatic heterocycles. The third-order valence-corrected chi connectivity index (χ3v) is 2.82. The molecular formula is C12H15NO2. The minimum atomic E-state index is -0.651. The van der Waals surface area contributed by atoms with E-state index in [1.54, 1.807) is 0 Å². The molecule has 1 fully saturated rings. The van der Waals surface area contributed by atoms with Crippen molar-refractivity contribution in [2.45, 2.75) is 13.0 Å². The summed E-state index contributed by atoms with van der Waals surface area (Å²) in [5, 5.41) is 12.0. The van der Waals surface area contributed by atoms with E-state index in [-0.39, 0.29) is 5.92 Å². The summed E-state index contributed by atoms with van der Waals surface area (Å²) in [6.07, 6.45) is 0.830. The molecule has 3 heteroatoms. The van der Waals surface area contributed by atoms with E-state index < -0.39 is 5.97 Å². The van der Waals surface area contributed by atoms with E-state index in [4.69, 9.17) is 5.11 Å². The predicted octanol–water partition coefficient (Wildman–Crippen LogP) is 1.50. The highest BCUT2D eigenvalue weighted by molar-refractivity contribution is 5.73. The lowest BCUT2D eigenvalue weighted by molar-refractivity contribution is -0.138. The van der Waals surface area contributed by atoms with Crippen LogP contribution in [-0.2, 0) is 11.3 Å². The lowest BCUT2D eigenvalue weighted by Crippen LogP contribution is -2.18. The average Bonchev–Trinajstić information content (AvgIpc) is 2.99. The highest BCUT2D eigenvalue weighted by atomic mass is 16.4. The average molecular weight is 205 g/mol. The summed E-state index contributed by atoms with van der Waals surface area (Å²) in [6.45, 7) is 1.63. The first-order valence-electron chi connectivity index (χ1n) is 5.25. The number of carbonyl (C=O) groups is 1. The van der Waals surface area contributed by atoms with Gasteiger partial charge in [-0.1, -0.05) is 30.3 Å². The number of hydrogen-bond acceptors (Lipinski definition) is 2. The van der Waals surface area contributed by atoms with Gasteiger partial charge in [0.1, 0.15) is 0 Å². The van der Waals surface area contributed by atoms with Crippen LogP contribution in [0.1, 0.15) is 12.0 Å². The minimum absolute atomic E-state index is 0.103. The second kappa shape index (κ2) is 4.45. The van der Waals surface area contributed by atoms with Gasteiger partial charge in [-0.2, -0.15) is 0 Å². The molecule has 15 heavy (non-hydrogen) atoms. The maximum atomic E-state index is 10.6. The van der Waals surface area contributed by atoms with Crippen LogP contribution in [0.15, 0.2) is 30.3 Å². The Morgan fingerprint density at radius 2 is 2.13 bits per heavy atom. The summed E-state index contributed by atoms with van der Waals surface area (Å²) in [4.78, 5) is 10.6. The van der Waals surface area contributed by atoms with E-state index in [0.29, 0.717) is 5.92 Å². The van der Waals surface area contributed by atoms with Crippen molar-refractivity contribution in [3.8, 4) is 0 Å². The fourth-order valence-corrected chi connectivity index (χ4v) is 1.77. The van der Waals surface area contributed by atoms with Gasteiger partial charge in [-0.05, 0) is 24.4 Å². The second-order valence-electron chi connectivity index (χ2n) is 4.06. The Bertz CT molecular complexity index is 337. The molecule has 1 aromatic carbocycles. The molecule has 1 aliphatic rings. The molecule has 0 bridgehead atoms. The number of rotatable bonds is 5. The van der Waals surface area contributed by atoms with Gasteiger partial charge in [0.05, 0.1) is 5.92 Å². The molecular weight excluding hydrogens is 190 g/mol. The van der Waals surface area contributed by atoms with Crippen molar-refractivity contribution in [3.63, 3.8) is 0 Å².